The molecule has 7 heteroatoms. The molecule has 1 heterocycles. The first kappa shape index (κ1) is 14.6. The van der Waals surface area contributed by atoms with Crippen molar-refractivity contribution < 1.29 is 9.53 Å². The van der Waals surface area contributed by atoms with Crippen LogP contribution in [-0.2, 0) is 4.74 Å². The molecule has 0 radical (unpaired) electrons. The van der Waals surface area contributed by atoms with Gasteiger partial charge in [0.15, 0.2) is 5.13 Å². The van der Waals surface area contributed by atoms with Crippen molar-refractivity contribution in [3.63, 3.8) is 0 Å². The normalized spacial score (nSPS) is 18.0. The van der Waals surface area contributed by atoms with Gasteiger partial charge >= 0.3 is 0 Å². The summed E-state index contributed by atoms with van der Waals surface area (Å²) in [7, 11) is 1.65. The van der Waals surface area contributed by atoms with Gasteiger partial charge in [0.05, 0.1) is 6.61 Å². The third-order valence-corrected chi connectivity index (χ3v) is 5.03. The summed E-state index contributed by atoms with van der Waals surface area (Å²) in [5, 5.41) is 6.96. The second kappa shape index (κ2) is 6.19. The van der Waals surface area contributed by atoms with Gasteiger partial charge in [-0.1, -0.05) is 11.3 Å². The van der Waals surface area contributed by atoms with Gasteiger partial charge in [-0.25, -0.2) is 4.98 Å². The molecule has 1 aromatic rings. The first-order chi connectivity index (χ1) is 10.2. The van der Waals surface area contributed by atoms with Crippen LogP contribution in [0.25, 0.3) is 0 Å². The Hall–Kier alpha value is -1.34. The van der Waals surface area contributed by atoms with E-state index < -0.39 is 0 Å². The van der Waals surface area contributed by atoms with E-state index in [0.717, 1.165) is 0 Å². The smallest absolute Gasteiger partial charge is 0.265 e. The summed E-state index contributed by atoms with van der Waals surface area (Å²) in [6, 6.07) is 0.337. The van der Waals surface area contributed by atoms with Crippen LogP contribution in [0.1, 0.15) is 35.4 Å². The lowest BCUT2D eigenvalue weighted by atomic mass is 10.1. The Labute approximate surface area is 128 Å². The number of nitrogen functional groups attached to an aromatic ring is 1. The Morgan fingerprint density at radius 3 is 2.67 bits per heavy atom. The van der Waals surface area contributed by atoms with Crippen LogP contribution in [-0.4, -0.2) is 37.2 Å². The second-order valence-corrected chi connectivity index (χ2v) is 6.83. The van der Waals surface area contributed by atoms with Crippen LogP contribution >= 0.6 is 11.3 Å². The SMILES string of the molecule is COCCNc1nc(N)c(C(=O)NC(C2CC2)C2CC2)s1. The number of amides is 1. The molecule has 0 aliphatic heterocycles. The highest BCUT2D eigenvalue weighted by Crippen LogP contribution is 2.44. The summed E-state index contributed by atoms with van der Waals surface area (Å²) in [4.78, 5) is 17.1. The third kappa shape index (κ3) is 3.65. The van der Waals surface area contributed by atoms with Crippen LogP contribution in [0.5, 0.6) is 0 Å². The molecule has 1 amide bonds. The van der Waals surface area contributed by atoms with Crippen molar-refractivity contribution in [1.29, 1.82) is 0 Å². The van der Waals surface area contributed by atoms with Gasteiger partial charge < -0.3 is 21.1 Å². The highest BCUT2D eigenvalue weighted by Gasteiger charge is 2.42. The van der Waals surface area contributed by atoms with E-state index in [0.29, 0.717) is 46.9 Å². The maximum absolute atomic E-state index is 12.4. The van der Waals surface area contributed by atoms with Crippen LogP contribution in [0.4, 0.5) is 10.9 Å². The van der Waals surface area contributed by atoms with Crippen molar-refractivity contribution in [2.45, 2.75) is 31.7 Å². The van der Waals surface area contributed by atoms with E-state index in [4.69, 9.17) is 10.5 Å². The van der Waals surface area contributed by atoms with Crippen molar-refractivity contribution in [1.82, 2.24) is 10.3 Å². The lowest BCUT2D eigenvalue weighted by molar-refractivity contribution is 0.0931. The van der Waals surface area contributed by atoms with Gasteiger partial charge in [-0.3, -0.25) is 4.79 Å². The Kier molecular flexibility index (Phi) is 4.30. The summed E-state index contributed by atoms with van der Waals surface area (Å²) < 4.78 is 4.97. The minimum Gasteiger partial charge on any atom is -0.383 e. The third-order valence-electron chi connectivity index (χ3n) is 4.00. The lowest BCUT2D eigenvalue weighted by Gasteiger charge is -2.16. The van der Waals surface area contributed by atoms with Gasteiger partial charge in [0.1, 0.15) is 10.7 Å². The first-order valence-corrected chi connectivity index (χ1v) is 8.30. The molecule has 2 aliphatic rings. The predicted octanol–water partition coefficient (Wildman–Crippen LogP) is 1.70. The number of ether oxygens (including phenoxy) is 1. The van der Waals surface area contributed by atoms with Gasteiger partial charge in [0.2, 0.25) is 0 Å². The van der Waals surface area contributed by atoms with Crippen LogP contribution in [0.15, 0.2) is 0 Å². The maximum Gasteiger partial charge on any atom is 0.265 e. The number of nitrogens with two attached hydrogens (primary N) is 1. The molecule has 2 fully saturated rings. The molecule has 0 aromatic carbocycles. The zero-order chi connectivity index (χ0) is 14.8. The molecular weight excluding hydrogens is 288 g/mol. The Bertz CT molecular complexity index is 499. The summed E-state index contributed by atoms with van der Waals surface area (Å²) in [5.74, 6) is 1.58. The van der Waals surface area contributed by atoms with Gasteiger partial charge in [-0.05, 0) is 37.5 Å². The number of nitrogens with zero attached hydrogens (tertiary/aromatic N) is 1. The van der Waals surface area contributed by atoms with Crippen LogP contribution in [0.2, 0.25) is 0 Å². The van der Waals surface area contributed by atoms with Crippen molar-refractivity contribution in [3.05, 3.63) is 4.88 Å². The first-order valence-electron chi connectivity index (χ1n) is 7.49. The fourth-order valence-electron chi connectivity index (χ4n) is 2.58. The number of thiazole rings is 1. The zero-order valence-electron chi connectivity index (χ0n) is 12.2. The van der Waals surface area contributed by atoms with E-state index in [2.05, 4.69) is 15.6 Å². The average Bonchev–Trinajstić information content (AvgIpc) is 3.35. The molecule has 0 spiro atoms. The molecule has 4 N–H and O–H groups in total. The summed E-state index contributed by atoms with van der Waals surface area (Å²) in [6.45, 7) is 1.24. The number of aromatic nitrogens is 1. The fraction of sp³-hybridized carbons (Fsp3) is 0.714. The number of carbonyl (C=O) groups excluding carboxylic acids is 1. The number of carbonyl (C=O) groups is 1. The van der Waals surface area contributed by atoms with Gasteiger partial charge in [0, 0.05) is 19.7 Å². The van der Waals surface area contributed by atoms with Gasteiger partial charge in [-0.15, -0.1) is 0 Å². The highest BCUT2D eigenvalue weighted by atomic mass is 32.1. The maximum atomic E-state index is 12.4. The van der Waals surface area contributed by atoms with Crippen molar-refractivity contribution in [2.75, 3.05) is 31.3 Å². The Morgan fingerprint density at radius 1 is 1.43 bits per heavy atom. The molecule has 21 heavy (non-hydrogen) atoms. The largest absolute Gasteiger partial charge is 0.383 e. The van der Waals surface area contributed by atoms with Crippen LogP contribution < -0.4 is 16.4 Å². The van der Waals surface area contributed by atoms with E-state index >= 15 is 0 Å². The minimum atomic E-state index is -0.0754. The number of rotatable bonds is 8. The molecule has 0 saturated heterocycles. The molecule has 2 saturated carbocycles. The molecule has 116 valence electrons. The van der Waals surface area contributed by atoms with E-state index in [1.54, 1.807) is 7.11 Å². The van der Waals surface area contributed by atoms with Gasteiger partial charge in [-0.2, -0.15) is 0 Å². The summed E-state index contributed by atoms with van der Waals surface area (Å²) >= 11 is 1.31. The van der Waals surface area contributed by atoms with Crippen LogP contribution in [0, 0.1) is 11.8 Å². The van der Waals surface area contributed by atoms with Crippen molar-refractivity contribution >= 4 is 28.2 Å². The number of hydrogen-bond donors (Lipinski definition) is 3. The Balaban J connectivity index is 1.60. The molecular formula is C14H22N4O2S. The molecule has 3 rings (SSSR count). The van der Waals surface area contributed by atoms with E-state index in [1.807, 2.05) is 0 Å². The summed E-state index contributed by atoms with van der Waals surface area (Å²) in [5.41, 5.74) is 5.87. The minimum absolute atomic E-state index is 0.0754. The number of methoxy groups -OCH3 is 1. The average molecular weight is 310 g/mol. The zero-order valence-corrected chi connectivity index (χ0v) is 13.0. The van der Waals surface area contributed by atoms with E-state index in [-0.39, 0.29) is 5.91 Å². The predicted molar refractivity (Wildman–Crippen MR) is 83.6 cm³/mol. The van der Waals surface area contributed by atoms with Crippen molar-refractivity contribution in [3.8, 4) is 0 Å². The monoisotopic (exact) mass is 310 g/mol. The summed E-state index contributed by atoms with van der Waals surface area (Å²) in [6.07, 6.45) is 4.96. The standard InChI is InChI=1S/C14H22N4O2S/c1-20-7-6-16-14-18-12(15)11(21-14)13(19)17-10(8-2-3-8)9-4-5-9/h8-10H,2-7,15H2,1H3,(H,16,18)(H,17,19). The number of nitrogens with one attached hydrogen (secondary N) is 2. The topological polar surface area (TPSA) is 89.3 Å². The van der Waals surface area contributed by atoms with Gasteiger partial charge in [0.25, 0.3) is 5.91 Å². The van der Waals surface area contributed by atoms with E-state index in [1.165, 1.54) is 37.0 Å². The second-order valence-electron chi connectivity index (χ2n) is 5.83. The quantitative estimate of drug-likeness (QED) is 0.636. The van der Waals surface area contributed by atoms with Crippen LogP contribution in [0.3, 0.4) is 0 Å². The van der Waals surface area contributed by atoms with E-state index in [9.17, 15) is 4.79 Å². The molecule has 0 unspecified atom stereocenters. The molecule has 2 aliphatic carbocycles. The fourth-order valence-corrected chi connectivity index (χ4v) is 3.39. The Morgan fingerprint density at radius 2 is 2.10 bits per heavy atom. The molecule has 0 atom stereocenters. The van der Waals surface area contributed by atoms with Crippen molar-refractivity contribution in [2.24, 2.45) is 11.8 Å². The highest BCUT2D eigenvalue weighted by molar-refractivity contribution is 7.18. The molecule has 6 nitrogen and oxygen atoms in total. The molecule has 1 aromatic heterocycles. The number of anilines is 2. The lowest BCUT2D eigenvalue weighted by Crippen LogP contribution is -2.38. The number of hydrogen-bond acceptors (Lipinski definition) is 6. The molecule has 0 bridgehead atoms.